The second-order valence-electron chi connectivity index (χ2n) is 8.92. The molecular formula is C28H31BrClN3O4S. The maximum atomic E-state index is 13.9. The quantitative estimate of drug-likeness (QED) is 0.301. The Hall–Kier alpha value is -2.88. The van der Waals surface area contributed by atoms with E-state index in [2.05, 4.69) is 21.2 Å². The highest BCUT2D eigenvalue weighted by atomic mass is 79.9. The average Bonchev–Trinajstić information content (AvgIpc) is 2.90. The van der Waals surface area contributed by atoms with E-state index < -0.39 is 28.5 Å². The van der Waals surface area contributed by atoms with Crippen molar-refractivity contribution in [1.29, 1.82) is 0 Å². The minimum Gasteiger partial charge on any atom is -0.352 e. The zero-order chi connectivity index (χ0) is 27.9. The first-order valence-electron chi connectivity index (χ1n) is 12.2. The van der Waals surface area contributed by atoms with Crippen molar-refractivity contribution in [1.82, 2.24) is 10.2 Å². The molecule has 0 heterocycles. The van der Waals surface area contributed by atoms with E-state index in [9.17, 15) is 18.0 Å². The molecule has 2 atom stereocenters. The Morgan fingerprint density at radius 1 is 0.974 bits per heavy atom. The lowest BCUT2D eigenvalue weighted by Crippen LogP contribution is -2.52. The molecule has 0 aliphatic carbocycles. The molecule has 10 heteroatoms. The van der Waals surface area contributed by atoms with Gasteiger partial charge in [-0.3, -0.25) is 13.9 Å². The summed E-state index contributed by atoms with van der Waals surface area (Å²) < 4.78 is 29.3. The van der Waals surface area contributed by atoms with Crippen molar-refractivity contribution < 1.29 is 18.0 Å². The van der Waals surface area contributed by atoms with Gasteiger partial charge in [0.25, 0.3) is 10.0 Å². The summed E-state index contributed by atoms with van der Waals surface area (Å²) in [6, 6.07) is 20.8. The molecule has 0 bridgehead atoms. The normalized spacial score (nSPS) is 12.9. The lowest BCUT2D eigenvalue weighted by molar-refractivity contribution is -0.139. The molecule has 0 aliphatic heterocycles. The van der Waals surface area contributed by atoms with Crippen LogP contribution in [-0.2, 0) is 26.2 Å². The van der Waals surface area contributed by atoms with Gasteiger partial charge >= 0.3 is 0 Å². The fraction of sp³-hybridized carbons (Fsp3) is 0.286. The SMILES string of the molecule is CC[C@@H](C)NC(=O)[C@H](C)N(Cc1cccc(Br)c1)C(=O)CN(c1ccccc1Cl)S(=O)(=O)c1ccccc1. The average molecular weight is 621 g/mol. The van der Waals surface area contributed by atoms with Gasteiger partial charge in [-0.05, 0) is 62.2 Å². The third kappa shape index (κ3) is 7.36. The van der Waals surface area contributed by atoms with Crippen LogP contribution < -0.4 is 9.62 Å². The fourth-order valence-corrected chi connectivity index (χ4v) is 5.96. The summed E-state index contributed by atoms with van der Waals surface area (Å²) in [5.74, 6) is -0.867. The largest absolute Gasteiger partial charge is 0.352 e. The number of para-hydroxylation sites is 1. The van der Waals surface area contributed by atoms with Crippen molar-refractivity contribution in [3.8, 4) is 0 Å². The summed E-state index contributed by atoms with van der Waals surface area (Å²) in [7, 11) is -4.16. The number of halogens is 2. The van der Waals surface area contributed by atoms with Gasteiger partial charge in [-0.15, -0.1) is 0 Å². The van der Waals surface area contributed by atoms with Crippen LogP contribution in [0.1, 0.15) is 32.8 Å². The van der Waals surface area contributed by atoms with Crippen LogP contribution in [0.3, 0.4) is 0 Å². The van der Waals surface area contributed by atoms with Crippen LogP contribution in [0.5, 0.6) is 0 Å². The van der Waals surface area contributed by atoms with Crippen LogP contribution in [-0.4, -0.2) is 43.8 Å². The highest BCUT2D eigenvalue weighted by Gasteiger charge is 2.33. The van der Waals surface area contributed by atoms with E-state index in [0.29, 0.717) is 0 Å². The van der Waals surface area contributed by atoms with Crippen LogP contribution >= 0.6 is 27.5 Å². The molecule has 3 rings (SSSR count). The van der Waals surface area contributed by atoms with Crippen molar-refractivity contribution in [2.45, 2.75) is 50.7 Å². The fourth-order valence-electron chi connectivity index (χ4n) is 3.77. The summed E-state index contributed by atoms with van der Waals surface area (Å²) in [6.07, 6.45) is 0.730. The predicted molar refractivity (Wildman–Crippen MR) is 154 cm³/mol. The Morgan fingerprint density at radius 2 is 1.63 bits per heavy atom. The molecule has 0 spiro atoms. The van der Waals surface area contributed by atoms with E-state index in [1.165, 1.54) is 17.0 Å². The van der Waals surface area contributed by atoms with Crippen LogP contribution in [0.15, 0.2) is 88.2 Å². The third-order valence-corrected chi connectivity index (χ3v) is 8.73. The van der Waals surface area contributed by atoms with Crippen molar-refractivity contribution >= 4 is 55.1 Å². The number of benzene rings is 3. The van der Waals surface area contributed by atoms with Gasteiger partial charge in [0.15, 0.2) is 0 Å². The number of nitrogens with zero attached hydrogens (tertiary/aromatic N) is 2. The number of amides is 2. The van der Waals surface area contributed by atoms with Crippen molar-refractivity contribution in [3.05, 3.63) is 93.9 Å². The molecule has 0 fully saturated rings. The van der Waals surface area contributed by atoms with Crippen molar-refractivity contribution in [2.75, 3.05) is 10.8 Å². The number of hydrogen-bond acceptors (Lipinski definition) is 4. The first-order chi connectivity index (χ1) is 18.0. The summed E-state index contributed by atoms with van der Waals surface area (Å²) in [4.78, 5) is 28.4. The van der Waals surface area contributed by atoms with Crippen molar-refractivity contribution in [3.63, 3.8) is 0 Å². The number of sulfonamides is 1. The summed E-state index contributed by atoms with van der Waals surface area (Å²) in [6.45, 7) is 5.04. The lowest BCUT2D eigenvalue weighted by Gasteiger charge is -2.32. The topological polar surface area (TPSA) is 86.8 Å². The molecule has 3 aromatic carbocycles. The van der Waals surface area contributed by atoms with Gasteiger partial charge in [-0.25, -0.2) is 8.42 Å². The van der Waals surface area contributed by atoms with Gasteiger partial charge in [-0.1, -0.05) is 76.9 Å². The highest BCUT2D eigenvalue weighted by molar-refractivity contribution is 9.10. The van der Waals surface area contributed by atoms with Crippen LogP contribution in [0, 0.1) is 0 Å². The Kier molecular flexibility index (Phi) is 10.4. The molecular weight excluding hydrogens is 590 g/mol. The maximum Gasteiger partial charge on any atom is 0.264 e. The second kappa shape index (κ2) is 13.3. The molecule has 0 aliphatic rings. The zero-order valence-electron chi connectivity index (χ0n) is 21.5. The predicted octanol–water partition coefficient (Wildman–Crippen LogP) is 5.63. The zero-order valence-corrected chi connectivity index (χ0v) is 24.6. The van der Waals surface area contributed by atoms with E-state index in [0.717, 1.165) is 20.8 Å². The molecule has 7 nitrogen and oxygen atoms in total. The summed E-state index contributed by atoms with van der Waals surface area (Å²) in [5, 5.41) is 3.10. The molecule has 38 heavy (non-hydrogen) atoms. The third-order valence-electron chi connectivity index (χ3n) is 6.14. The molecule has 0 aromatic heterocycles. The molecule has 0 saturated carbocycles. The number of carbonyl (C=O) groups excluding carboxylic acids is 2. The van der Waals surface area contributed by atoms with Gasteiger partial charge in [0.2, 0.25) is 11.8 Å². The number of hydrogen-bond donors (Lipinski definition) is 1. The van der Waals surface area contributed by atoms with Crippen molar-refractivity contribution in [2.24, 2.45) is 0 Å². The van der Waals surface area contributed by atoms with E-state index in [1.54, 1.807) is 49.4 Å². The summed E-state index contributed by atoms with van der Waals surface area (Å²) >= 11 is 9.85. The van der Waals surface area contributed by atoms with Gasteiger partial charge in [0, 0.05) is 17.1 Å². The van der Waals surface area contributed by atoms with Gasteiger partial charge in [0.1, 0.15) is 12.6 Å². The first-order valence-corrected chi connectivity index (χ1v) is 14.8. The van der Waals surface area contributed by atoms with Crippen LogP contribution in [0.2, 0.25) is 5.02 Å². The lowest BCUT2D eigenvalue weighted by atomic mass is 10.1. The molecule has 0 unspecified atom stereocenters. The summed E-state index contributed by atoms with van der Waals surface area (Å²) in [5.41, 5.74) is 0.955. The van der Waals surface area contributed by atoms with E-state index >= 15 is 0 Å². The monoisotopic (exact) mass is 619 g/mol. The molecule has 3 aromatic rings. The number of rotatable bonds is 11. The number of carbonyl (C=O) groups is 2. The number of nitrogens with one attached hydrogen (secondary N) is 1. The Morgan fingerprint density at radius 3 is 2.26 bits per heavy atom. The van der Waals surface area contributed by atoms with E-state index in [4.69, 9.17) is 11.6 Å². The van der Waals surface area contributed by atoms with E-state index in [1.807, 2.05) is 38.1 Å². The van der Waals surface area contributed by atoms with Gasteiger partial charge < -0.3 is 10.2 Å². The smallest absolute Gasteiger partial charge is 0.264 e. The van der Waals surface area contributed by atoms with E-state index in [-0.39, 0.29) is 34.1 Å². The van der Waals surface area contributed by atoms with Crippen LogP contribution in [0.4, 0.5) is 5.69 Å². The highest BCUT2D eigenvalue weighted by Crippen LogP contribution is 2.30. The van der Waals surface area contributed by atoms with Crippen LogP contribution in [0.25, 0.3) is 0 Å². The number of anilines is 1. The Balaban J connectivity index is 2.03. The molecule has 0 radical (unpaired) electrons. The maximum absolute atomic E-state index is 13.9. The molecule has 202 valence electrons. The second-order valence-corrected chi connectivity index (χ2v) is 12.1. The molecule has 1 N–H and O–H groups in total. The van der Waals surface area contributed by atoms with Gasteiger partial charge in [-0.2, -0.15) is 0 Å². The Labute approximate surface area is 238 Å². The first kappa shape index (κ1) is 29.7. The van der Waals surface area contributed by atoms with Gasteiger partial charge in [0.05, 0.1) is 15.6 Å². The Bertz CT molecular complexity index is 1370. The molecule has 0 saturated heterocycles. The molecule has 2 amide bonds. The minimum absolute atomic E-state index is 0.0221. The minimum atomic E-state index is -4.16. The standard InChI is InChI=1S/C28H31BrClN3O4S/c1-4-20(2)31-28(35)21(3)32(18-22-11-10-12-23(29)17-22)27(34)19-33(26-16-9-8-15-25(26)30)38(36,37)24-13-6-5-7-14-24/h5-17,20-21H,4,18-19H2,1-3H3,(H,31,35)/t20-,21+/m1/s1.